The first-order chi connectivity index (χ1) is 13.9. The maximum atomic E-state index is 12.8. The standard InChI is InChI=1S/C22H20N2O3S2/c1-15-3-2-4-19(11-15)29(26,27)18-7-5-16(6-8-18)13-24-22(25)20-12-17-9-10-23-14-21(17)28-20/h2-12,14,22,24-25H,13H2,1H3. The van der Waals surface area contributed by atoms with Crippen LogP contribution in [0.5, 0.6) is 0 Å². The predicted octanol–water partition coefficient (Wildman–Crippen LogP) is 4.22. The molecule has 29 heavy (non-hydrogen) atoms. The summed E-state index contributed by atoms with van der Waals surface area (Å²) < 4.78 is 26.6. The first-order valence-electron chi connectivity index (χ1n) is 9.09. The summed E-state index contributed by atoms with van der Waals surface area (Å²) in [7, 11) is -3.54. The first-order valence-corrected chi connectivity index (χ1v) is 11.4. The molecule has 0 amide bonds. The van der Waals surface area contributed by atoms with E-state index in [1.807, 2.05) is 25.1 Å². The molecule has 1 unspecified atom stereocenters. The summed E-state index contributed by atoms with van der Waals surface area (Å²) in [5.74, 6) is 0. The molecule has 2 heterocycles. The van der Waals surface area contributed by atoms with Gasteiger partial charge < -0.3 is 5.11 Å². The van der Waals surface area contributed by atoms with E-state index in [0.29, 0.717) is 6.54 Å². The molecule has 0 aliphatic rings. The van der Waals surface area contributed by atoms with Crippen molar-refractivity contribution in [2.24, 2.45) is 0 Å². The highest BCUT2D eigenvalue weighted by Gasteiger charge is 2.17. The average molecular weight is 425 g/mol. The minimum absolute atomic E-state index is 0.254. The molecular weight excluding hydrogens is 404 g/mol. The number of pyridine rings is 1. The average Bonchev–Trinajstić information content (AvgIpc) is 3.17. The number of aryl methyl sites for hydroxylation is 1. The summed E-state index contributed by atoms with van der Waals surface area (Å²) in [5, 5.41) is 14.5. The number of thiophene rings is 1. The van der Waals surface area contributed by atoms with Crippen molar-refractivity contribution < 1.29 is 13.5 Å². The molecule has 0 fully saturated rings. The molecular formula is C22H20N2O3S2. The topological polar surface area (TPSA) is 79.3 Å². The van der Waals surface area contributed by atoms with E-state index in [1.165, 1.54) is 11.3 Å². The van der Waals surface area contributed by atoms with Gasteiger partial charge in [0.1, 0.15) is 6.23 Å². The van der Waals surface area contributed by atoms with Crippen LogP contribution in [0, 0.1) is 6.92 Å². The summed E-state index contributed by atoms with van der Waals surface area (Å²) in [6.07, 6.45) is 2.71. The molecule has 0 saturated heterocycles. The van der Waals surface area contributed by atoms with Crippen molar-refractivity contribution in [2.45, 2.75) is 29.5 Å². The Hall–Kier alpha value is -2.58. The number of aliphatic hydroxyl groups is 1. The Morgan fingerprint density at radius 2 is 1.86 bits per heavy atom. The van der Waals surface area contributed by atoms with E-state index in [1.54, 1.807) is 54.9 Å². The van der Waals surface area contributed by atoms with Crippen molar-refractivity contribution >= 4 is 31.3 Å². The number of hydrogen-bond donors (Lipinski definition) is 2. The number of aliphatic hydroxyl groups excluding tert-OH is 1. The van der Waals surface area contributed by atoms with E-state index in [-0.39, 0.29) is 9.79 Å². The van der Waals surface area contributed by atoms with Gasteiger partial charge in [0.25, 0.3) is 0 Å². The number of nitrogens with one attached hydrogen (secondary N) is 1. The van der Waals surface area contributed by atoms with Crippen LogP contribution in [0.1, 0.15) is 22.2 Å². The first kappa shape index (κ1) is 19.7. The Kier molecular flexibility index (Phi) is 5.47. The van der Waals surface area contributed by atoms with E-state index in [0.717, 1.165) is 26.1 Å². The molecule has 5 nitrogen and oxygen atoms in total. The maximum Gasteiger partial charge on any atom is 0.206 e. The number of benzene rings is 2. The fourth-order valence-electron chi connectivity index (χ4n) is 3.06. The molecule has 1 atom stereocenters. The summed E-state index contributed by atoms with van der Waals surface area (Å²) in [5.41, 5.74) is 1.79. The largest absolute Gasteiger partial charge is 0.373 e. The molecule has 0 radical (unpaired) electrons. The molecule has 0 aliphatic heterocycles. The Morgan fingerprint density at radius 3 is 2.59 bits per heavy atom. The Morgan fingerprint density at radius 1 is 1.07 bits per heavy atom. The smallest absolute Gasteiger partial charge is 0.206 e. The Bertz CT molecular complexity index is 1220. The lowest BCUT2D eigenvalue weighted by Gasteiger charge is -2.11. The van der Waals surface area contributed by atoms with Gasteiger partial charge in [0, 0.05) is 23.8 Å². The second-order valence-corrected chi connectivity index (χ2v) is 9.87. The zero-order valence-corrected chi connectivity index (χ0v) is 17.4. The fourth-order valence-corrected chi connectivity index (χ4v) is 5.42. The van der Waals surface area contributed by atoms with Crippen LogP contribution < -0.4 is 5.32 Å². The molecule has 2 aromatic carbocycles. The number of aromatic nitrogens is 1. The van der Waals surface area contributed by atoms with Crippen LogP contribution in [0.4, 0.5) is 0 Å². The summed E-state index contributed by atoms with van der Waals surface area (Å²) >= 11 is 1.49. The minimum atomic E-state index is -3.54. The van der Waals surface area contributed by atoms with Crippen LogP contribution in [0.2, 0.25) is 0 Å². The SMILES string of the molecule is Cc1cccc(S(=O)(=O)c2ccc(CNC(O)c3cc4ccncc4s3)cc2)c1. The van der Waals surface area contributed by atoms with Crippen LogP contribution in [0.15, 0.2) is 82.8 Å². The highest BCUT2D eigenvalue weighted by atomic mass is 32.2. The van der Waals surface area contributed by atoms with Crippen LogP contribution in [0.3, 0.4) is 0 Å². The highest BCUT2D eigenvalue weighted by Crippen LogP contribution is 2.28. The van der Waals surface area contributed by atoms with Gasteiger partial charge in [-0.2, -0.15) is 0 Å². The van der Waals surface area contributed by atoms with Gasteiger partial charge >= 0.3 is 0 Å². The maximum absolute atomic E-state index is 12.8. The molecule has 2 aromatic heterocycles. The van der Waals surface area contributed by atoms with Gasteiger partial charge in [-0.15, -0.1) is 11.3 Å². The minimum Gasteiger partial charge on any atom is -0.373 e. The van der Waals surface area contributed by atoms with E-state index in [4.69, 9.17) is 0 Å². The lowest BCUT2D eigenvalue weighted by atomic mass is 10.2. The van der Waals surface area contributed by atoms with Gasteiger partial charge in [0.15, 0.2) is 0 Å². The van der Waals surface area contributed by atoms with Crippen LogP contribution >= 0.6 is 11.3 Å². The molecule has 148 valence electrons. The van der Waals surface area contributed by atoms with Gasteiger partial charge in [0.05, 0.1) is 14.5 Å². The Balaban J connectivity index is 1.45. The van der Waals surface area contributed by atoms with E-state index in [2.05, 4.69) is 10.3 Å². The summed E-state index contributed by atoms with van der Waals surface area (Å²) in [6.45, 7) is 2.28. The molecule has 4 rings (SSSR count). The summed E-state index contributed by atoms with van der Waals surface area (Å²) in [6, 6.07) is 17.5. The highest BCUT2D eigenvalue weighted by molar-refractivity contribution is 7.91. The molecule has 0 bridgehead atoms. The van der Waals surface area contributed by atoms with Crippen LogP contribution in [-0.4, -0.2) is 18.5 Å². The quantitative estimate of drug-likeness (QED) is 0.453. The molecule has 2 N–H and O–H groups in total. The number of sulfone groups is 1. The van der Waals surface area contributed by atoms with E-state index < -0.39 is 16.1 Å². The van der Waals surface area contributed by atoms with Gasteiger partial charge in [-0.1, -0.05) is 24.3 Å². The fraction of sp³-hybridized carbons (Fsp3) is 0.136. The van der Waals surface area contributed by atoms with E-state index >= 15 is 0 Å². The Labute approximate surface area is 173 Å². The predicted molar refractivity (Wildman–Crippen MR) is 114 cm³/mol. The second-order valence-electron chi connectivity index (χ2n) is 6.81. The number of hydrogen-bond acceptors (Lipinski definition) is 6. The molecule has 0 aliphatic carbocycles. The lowest BCUT2D eigenvalue weighted by Crippen LogP contribution is -2.19. The van der Waals surface area contributed by atoms with Gasteiger partial charge in [-0.25, -0.2) is 8.42 Å². The third-order valence-corrected chi connectivity index (χ3v) is 7.55. The van der Waals surface area contributed by atoms with Crippen LogP contribution in [0.25, 0.3) is 10.1 Å². The third kappa shape index (κ3) is 4.23. The van der Waals surface area contributed by atoms with Crippen molar-refractivity contribution in [3.8, 4) is 0 Å². The van der Waals surface area contributed by atoms with Crippen molar-refractivity contribution in [2.75, 3.05) is 0 Å². The van der Waals surface area contributed by atoms with Crippen molar-refractivity contribution in [3.05, 3.63) is 89.1 Å². The van der Waals surface area contributed by atoms with Crippen molar-refractivity contribution in [1.29, 1.82) is 0 Å². The zero-order valence-electron chi connectivity index (χ0n) is 15.7. The van der Waals surface area contributed by atoms with Gasteiger partial charge in [-0.05, 0) is 59.8 Å². The normalized spacial score (nSPS) is 12.9. The molecule has 0 spiro atoms. The zero-order chi connectivity index (χ0) is 20.4. The number of nitrogens with zero attached hydrogens (tertiary/aromatic N) is 1. The monoisotopic (exact) mass is 424 g/mol. The molecule has 7 heteroatoms. The van der Waals surface area contributed by atoms with Gasteiger partial charge in [0.2, 0.25) is 9.84 Å². The van der Waals surface area contributed by atoms with E-state index in [9.17, 15) is 13.5 Å². The second kappa shape index (κ2) is 8.04. The van der Waals surface area contributed by atoms with Gasteiger partial charge in [-0.3, -0.25) is 10.3 Å². The number of fused-ring (bicyclic) bond motifs is 1. The molecule has 4 aromatic rings. The lowest BCUT2D eigenvalue weighted by molar-refractivity contribution is 0.141. The number of rotatable bonds is 6. The van der Waals surface area contributed by atoms with Crippen LogP contribution in [-0.2, 0) is 16.4 Å². The van der Waals surface area contributed by atoms with Crippen molar-refractivity contribution in [1.82, 2.24) is 10.3 Å². The molecule has 0 saturated carbocycles. The van der Waals surface area contributed by atoms with Crippen molar-refractivity contribution in [3.63, 3.8) is 0 Å². The summed E-state index contributed by atoms with van der Waals surface area (Å²) in [4.78, 5) is 5.45. The third-order valence-electron chi connectivity index (χ3n) is 4.64.